The average molecular weight is 474 g/mol. The zero-order valence-corrected chi connectivity index (χ0v) is 19.2. The summed E-state index contributed by atoms with van der Waals surface area (Å²) in [7, 11) is -3.75. The number of carbonyl (C=O) groups excluding carboxylic acids is 1. The molecule has 3 rings (SSSR count). The number of carbonyl (C=O) groups is 1. The maximum Gasteiger partial charge on any atom is 0.261 e. The first-order chi connectivity index (χ1) is 14.7. The van der Waals surface area contributed by atoms with Gasteiger partial charge in [-0.3, -0.25) is 14.8 Å². The molecular weight excluding hydrogens is 454 g/mol. The summed E-state index contributed by atoms with van der Waals surface area (Å²) in [6.07, 6.45) is 0. The van der Waals surface area contributed by atoms with E-state index in [0.29, 0.717) is 22.0 Å². The number of anilines is 2. The van der Waals surface area contributed by atoms with Gasteiger partial charge in [0, 0.05) is 5.69 Å². The van der Waals surface area contributed by atoms with Crippen LogP contribution in [0, 0.1) is 13.8 Å². The fraction of sp³-hybridized carbons (Fsp3) is 0.0909. The number of thiocarbonyl (C=S) groups is 1. The summed E-state index contributed by atoms with van der Waals surface area (Å²) in [5.74, 6) is -0.444. The monoisotopic (exact) mass is 473 g/mol. The smallest absolute Gasteiger partial charge is 0.261 e. The first-order valence-corrected chi connectivity index (χ1v) is 11.5. The molecule has 1 amide bonds. The second-order valence-electron chi connectivity index (χ2n) is 6.84. The molecule has 0 fully saturated rings. The Kier molecular flexibility index (Phi) is 6.94. The number of hydrogen-bond acceptors (Lipinski definition) is 4. The molecule has 0 spiro atoms. The number of aryl methyl sites for hydroxylation is 2. The van der Waals surface area contributed by atoms with Crippen LogP contribution in [0.25, 0.3) is 0 Å². The van der Waals surface area contributed by atoms with E-state index in [1.54, 1.807) is 42.5 Å². The van der Waals surface area contributed by atoms with Gasteiger partial charge in [-0.1, -0.05) is 41.4 Å². The molecule has 0 saturated heterocycles. The van der Waals surface area contributed by atoms with E-state index in [2.05, 4.69) is 15.4 Å². The van der Waals surface area contributed by atoms with Crippen molar-refractivity contribution in [3.05, 3.63) is 88.4 Å². The van der Waals surface area contributed by atoms with E-state index in [0.717, 1.165) is 11.1 Å². The van der Waals surface area contributed by atoms with Crippen molar-refractivity contribution in [3.8, 4) is 0 Å². The third-order valence-electron chi connectivity index (χ3n) is 4.39. The topological polar surface area (TPSA) is 87.3 Å². The summed E-state index contributed by atoms with van der Waals surface area (Å²) in [6, 6.07) is 18.1. The van der Waals surface area contributed by atoms with Crippen molar-refractivity contribution in [2.75, 3.05) is 10.0 Å². The van der Waals surface area contributed by atoms with Crippen molar-refractivity contribution in [1.82, 2.24) is 5.32 Å². The van der Waals surface area contributed by atoms with E-state index >= 15 is 0 Å². The number of rotatable bonds is 5. The van der Waals surface area contributed by atoms with Crippen LogP contribution in [0.2, 0.25) is 5.02 Å². The van der Waals surface area contributed by atoms with Crippen molar-refractivity contribution >= 4 is 56.2 Å². The van der Waals surface area contributed by atoms with Gasteiger partial charge in [0.2, 0.25) is 0 Å². The number of amides is 1. The van der Waals surface area contributed by atoms with Gasteiger partial charge in [0.1, 0.15) is 0 Å². The minimum atomic E-state index is -3.75. The molecule has 0 atom stereocenters. The summed E-state index contributed by atoms with van der Waals surface area (Å²) in [5, 5.41) is 5.76. The summed E-state index contributed by atoms with van der Waals surface area (Å²) < 4.78 is 28.0. The predicted octanol–water partition coefficient (Wildman–Crippen LogP) is 4.88. The van der Waals surface area contributed by atoms with Gasteiger partial charge in [0.15, 0.2) is 5.11 Å². The summed E-state index contributed by atoms with van der Waals surface area (Å²) >= 11 is 11.2. The zero-order chi connectivity index (χ0) is 22.6. The molecule has 0 radical (unpaired) electrons. The van der Waals surface area contributed by atoms with Crippen LogP contribution >= 0.6 is 23.8 Å². The second kappa shape index (κ2) is 9.47. The number of benzene rings is 3. The van der Waals surface area contributed by atoms with Gasteiger partial charge in [-0.05, 0) is 74.1 Å². The third kappa shape index (κ3) is 5.81. The van der Waals surface area contributed by atoms with E-state index in [4.69, 9.17) is 23.8 Å². The van der Waals surface area contributed by atoms with Crippen LogP contribution in [0.15, 0.2) is 71.6 Å². The van der Waals surface area contributed by atoms with Gasteiger partial charge < -0.3 is 5.32 Å². The van der Waals surface area contributed by atoms with E-state index in [-0.39, 0.29) is 10.0 Å². The van der Waals surface area contributed by atoms with Crippen molar-refractivity contribution < 1.29 is 13.2 Å². The van der Waals surface area contributed by atoms with E-state index in [1.807, 2.05) is 26.0 Å². The van der Waals surface area contributed by atoms with Gasteiger partial charge in [-0.15, -0.1) is 0 Å². The molecule has 0 aliphatic rings. The summed E-state index contributed by atoms with van der Waals surface area (Å²) in [6.45, 7) is 3.79. The first kappa shape index (κ1) is 22.7. The highest BCUT2D eigenvalue weighted by Crippen LogP contribution is 2.22. The standard InChI is InChI=1S/C22H20ClN3O3S2/c1-14-7-12-20(15(2)13-14)26-31(28,29)17-10-8-16(9-11-17)24-22(30)25-21(27)18-5-3-4-6-19(18)23/h3-13,26H,1-2H3,(H2,24,25,27,30). The van der Waals surface area contributed by atoms with Crippen molar-refractivity contribution in [2.45, 2.75) is 18.7 Å². The first-order valence-electron chi connectivity index (χ1n) is 9.23. The Morgan fingerprint density at radius 3 is 2.29 bits per heavy atom. The molecule has 0 aromatic heterocycles. The molecule has 3 N–H and O–H groups in total. The number of nitrogens with one attached hydrogen (secondary N) is 3. The fourth-order valence-electron chi connectivity index (χ4n) is 2.83. The second-order valence-corrected chi connectivity index (χ2v) is 9.33. The molecule has 160 valence electrons. The maximum atomic E-state index is 12.7. The van der Waals surface area contributed by atoms with Crippen molar-refractivity contribution in [2.24, 2.45) is 0 Å². The molecule has 0 unspecified atom stereocenters. The van der Waals surface area contributed by atoms with Crippen LogP contribution < -0.4 is 15.4 Å². The van der Waals surface area contributed by atoms with Crippen LogP contribution in [0.3, 0.4) is 0 Å². The molecule has 0 heterocycles. The molecule has 31 heavy (non-hydrogen) atoms. The quantitative estimate of drug-likeness (QED) is 0.459. The zero-order valence-electron chi connectivity index (χ0n) is 16.8. The number of sulfonamides is 1. The SMILES string of the molecule is Cc1ccc(NS(=O)(=O)c2ccc(NC(=S)NC(=O)c3ccccc3Cl)cc2)c(C)c1. The molecular formula is C22H20ClN3O3S2. The van der Waals surface area contributed by atoms with Crippen LogP contribution in [0.1, 0.15) is 21.5 Å². The van der Waals surface area contributed by atoms with E-state index in [9.17, 15) is 13.2 Å². The van der Waals surface area contributed by atoms with E-state index in [1.165, 1.54) is 12.1 Å². The Hall–Kier alpha value is -2.94. The van der Waals surface area contributed by atoms with Gasteiger partial charge in [0.05, 0.1) is 21.2 Å². The lowest BCUT2D eigenvalue weighted by molar-refractivity contribution is 0.0978. The maximum absolute atomic E-state index is 12.7. The minimum absolute atomic E-state index is 0.0638. The average Bonchev–Trinajstić information content (AvgIpc) is 2.70. The Balaban J connectivity index is 1.66. The minimum Gasteiger partial charge on any atom is -0.332 e. The fourth-order valence-corrected chi connectivity index (χ4v) is 4.39. The highest BCUT2D eigenvalue weighted by Gasteiger charge is 2.16. The molecule has 3 aromatic carbocycles. The van der Waals surface area contributed by atoms with Gasteiger partial charge in [0.25, 0.3) is 15.9 Å². The lowest BCUT2D eigenvalue weighted by Gasteiger charge is -2.13. The third-order valence-corrected chi connectivity index (χ3v) is 6.31. The Morgan fingerprint density at radius 2 is 1.65 bits per heavy atom. The van der Waals surface area contributed by atoms with Gasteiger partial charge >= 0.3 is 0 Å². The largest absolute Gasteiger partial charge is 0.332 e. The van der Waals surface area contributed by atoms with Crippen LogP contribution in [-0.2, 0) is 10.0 Å². The van der Waals surface area contributed by atoms with Crippen molar-refractivity contribution in [1.29, 1.82) is 0 Å². The molecule has 0 bridgehead atoms. The lowest BCUT2D eigenvalue weighted by Crippen LogP contribution is -2.34. The normalized spacial score (nSPS) is 10.9. The molecule has 0 saturated carbocycles. The van der Waals surface area contributed by atoms with Crippen LogP contribution in [-0.4, -0.2) is 19.4 Å². The predicted molar refractivity (Wildman–Crippen MR) is 128 cm³/mol. The van der Waals surface area contributed by atoms with Crippen LogP contribution in [0.5, 0.6) is 0 Å². The molecule has 0 aliphatic carbocycles. The molecule has 0 aliphatic heterocycles. The Morgan fingerprint density at radius 1 is 0.968 bits per heavy atom. The number of halogens is 1. The number of hydrogen-bond donors (Lipinski definition) is 3. The molecule has 9 heteroatoms. The summed E-state index contributed by atoms with van der Waals surface area (Å²) in [4.78, 5) is 12.4. The Bertz CT molecular complexity index is 1240. The molecule has 3 aromatic rings. The van der Waals surface area contributed by atoms with Gasteiger partial charge in [-0.25, -0.2) is 8.42 Å². The van der Waals surface area contributed by atoms with Crippen molar-refractivity contribution in [3.63, 3.8) is 0 Å². The highest BCUT2D eigenvalue weighted by atomic mass is 35.5. The Labute approximate surface area is 191 Å². The lowest BCUT2D eigenvalue weighted by atomic mass is 10.1. The van der Waals surface area contributed by atoms with Crippen LogP contribution in [0.4, 0.5) is 11.4 Å². The highest BCUT2D eigenvalue weighted by molar-refractivity contribution is 7.92. The van der Waals surface area contributed by atoms with E-state index < -0.39 is 15.9 Å². The molecule has 6 nitrogen and oxygen atoms in total. The summed E-state index contributed by atoms with van der Waals surface area (Å²) in [5.41, 5.74) is 3.23. The van der Waals surface area contributed by atoms with Gasteiger partial charge in [-0.2, -0.15) is 0 Å².